The number of thiazole rings is 1. The number of benzene rings is 1. The van der Waals surface area contributed by atoms with Gasteiger partial charge in [-0.25, -0.2) is 4.98 Å². The lowest BCUT2D eigenvalue weighted by atomic mass is 10.0. The van der Waals surface area contributed by atoms with Crippen LogP contribution in [0.4, 0.5) is 5.13 Å². The third-order valence-corrected chi connectivity index (χ3v) is 5.14. The average molecular weight is 325 g/mol. The zero-order valence-electron chi connectivity index (χ0n) is 10.3. The van der Waals surface area contributed by atoms with Gasteiger partial charge in [-0.15, -0.1) is 0 Å². The molecule has 18 heavy (non-hydrogen) atoms. The van der Waals surface area contributed by atoms with E-state index in [0.29, 0.717) is 0 Å². The van der Waals surface area contributed by atoms with Crippen molar-refractivity contribution in [1.29, 1.82) is 0 Å². The van der Waals surface area contributed by atoms with Gasteiger partial charge in [-0.05, 0) is 30.5 Å². The molecule has 0 atom stereocenters. The second-order valence-electron chi connectivity index (χ2n) is 5.00. The number of hydrogen-bond acceptors (Lipinski definition) is 3. The number of rotatable bonds is 4. The Morgan fingerprint density at radius 3 is 3.00 bits per heavy atom. The number of nitrogens with one attached hydrogen (secondary N) is 1. The maximum atomic E-state index is 4.62. The lowest BCUT2D eigenvalue weighted by molar-refractivity contribution is 0.518. The molecule has 2 aromatic rings. The standard InChI is InChI=1S/C14H17BrN2S/c15-11-5-6-13-12(9-11)17-14(18-13)16-8-7-10-3-1-2-4-10/h5-6,9-10H,1-4,7-8H2,(H,16,17). The zero-order valence-corrected chi connectivity index (χ0v) is 12.7. The Labute approximate surface area is 120 Å². The third-order valence-electron chi connectivity index (χ3n) is 3.65. The van der Waals surface area contributed by atoms with Crippen LogP contribution < -0.4 is 5.32 Å². The molecule has 0 amide bonds. The van der Waals surface area contributed by atoms with Crippen molar-refractivity contribution in [1.82, 2.24) is 4.98 Å². The van der Waals surface area contributed by atoms with Crippen LogP contribution in [0, 0.1) is 5.92 Å². The molecule has 1 aromatic carbocycles. The average Bonchev–Trinajstić information content (AvgIpc) is 2.97. The predicted octanol–water partition coefficient (Wildman–Crippen LogP) is 5.05. The van der Waals surface area contributed by atoms with Crippen LogP contribution in [0.5, 0.6) is 0 Å². The van der Waals surface area contributed by atoms with Crippen LogP contribution in [0.2, 0.25) is 0 Å². The summed E-state index contributed by atoms with van der Waals surface area (Å²) in [6, 6.07) is 6.27. The van der Waals surface area contributed by atoms with Crippen molar-refractivity contribution in [3.8, 4) is 0 Å². The van der Waals surface area contributed by atoms with Crippen LogP contribution in [-0.4, -0.2) is 11.5 Å². The van der Waals surface area contributed by atoms with Crippen molar-refractivity contribution in [3.63, 3.8) is 0 Å². The first-order valence-corrected chi connectivity index (χ1v) is 8.22. The zero-order chi connectivity index (χ0) is 12.4. The second-order valence-corrected chi connectivity index (χ2v) is 6.94. The Hall–Kier alpha value is -0.610. The van der Waals surface area contributed by atoms with E-state index in [1.807, 2.05) is 0 Å². The smallest absolute Gasteiger partial charge is 0.183 e. The summed E-state index contributed by atoms with van der Waals surface area (Å²) >= 11 is 5.23. The summed E-state index contributed by atoms with van der Waals surface area (Å²) in [7, 11) is 0. The summed E-state index contributed by atoms with van der Waals surface area (Å²) in [5, 5.41) is 4.53. The summed E-state index contributed by atoms with van der Waals surface area (Å²) in [5.41, 5.74) is 1.08. The number of hydrogen-bond donors (Lipinski definition) is 1. The minimum Gasteiger partial charge on any atom is -0.361 e. The minimum atomic E-state index is 0.945. The number of anilines is 1. The van der Waals surface area contributed by atoms with Crippen molar-refractivity contribution in [3.05, 3.63) is 22.7 Å². The molecule has 1 fully saturated rings. The Morgan fingerprint density at radius 1 is 1.33 bits per heavy atom. The third kappa shape index (κ3) is 2.86. The molecule has 0 radical (unpaired) electrons. The molecule has 0 unspecified atom stereocenters. The van der Waals surface area contributed by atoms with Gasteiger partial charge in [0.05, 0.1) is 10.2 Å². The number of halogens is 1. The molecule has 1 aliphatic rings. The first kappa shape index (κ1) is 12.4. The molecule has 1 aliphatic carbocycles. The number of aromatic nitrogens is 1. The Balaban J connectivity index is 1.60. The summed E-state index contributed by atoms with van der Waals surface area (Å²) in [6.07, 6.45) is 7.00. The van der Waals surface area contributed by atoms with Crippen LogP contribution in [-0.2, 0) is 0 Å². The summed E-state index contributed by atoms with van der Waals surface area (Å²) in [6.45, 7) is 1.06. The topological polar surface area (TPSA) is 24.9 Å². The monoisotopic (exact) mass is 324 g/mol. The fourth-order valence-corrected chi connectivity index (χ4v) is 3.88. The number of nitrogens with zero attached hydrogens (tertiary/aromatic N) is 1. The summed E-state index contributed by atoms with van der Waals surface area (Å²) in [4.78, 5) is 4.62. The van der Waals surface area contributed by atoms with E-state index in [4.69, 9.17) is 0 Å². The van der Waals surface area contributed by atoms with E-state index < -0.39 is 0 Å². The Morgan fingerprint density at radius 2 is 2.17 bits per heavy atom. The van der Waals surface area contributed by atoms with Crippen molar-refractivity contribution < 1.29 is 0 Å². The minimum absolute atomic E-state index is 0.945. The lowest BCUT2D eigenvalue weighted by Crippen LogP contribution is -2.06. The summed E-state index contributed by atoms with van der Waals surface area (Å²) < 4.78 is 2.35. The van der Waals surface area contributed by atoms with Crippen LogP contribution in [0.3, 0.4) is 0 Å². The lowest BCUT2D eigenvalue weighted by Gasteiger charge is -2.08. The van der Waals surface area contributed by atoms with E-state index in [9.17, 15) is 0 Å². The van der Waals surface area contributed by atoms with Crippen LogP contribution in [0.15, 0.2) is 22.7 Å². The van der Waals surface area contributed by atoms with Gasteiger partial charge in [-0.2, -0.15) is 0 Å². The van der Waals surface area contributed by atoms with Gasteiger partial charge in [-0.3, -0.25) is 0 Å². The van der Waals surface area contributed by atoms with Gasteiger partial charge in [0.1, 0.15) is 0 Å². The van der Waals surface area contributed by atoms with Gasteiger partial charge >= 0.3 is 0 Å². The quantitative estimate of drug-likeness (QED) is 0.851. The van der Waals surface area contributed by atoms with Crippen LogP contribution >= 0.6 is 27.3 Å². The predicted molar refractivity (Wildman–Crippen MR) is 82.4 cm³/mol. The molecule has 0 spiro atoms. The van der Waals surface area contributed by atoms with E-state index >= 15 is 0 Å². The molecule has 1 aromatic heterocycles. The maximum absolute atomic E-state index is 4.62. The molecule has 0 saturated heterocycles. The molecule has 96 valence electrons. The first-order valence-electron chi connectivity index (χ1n) is 6.61. The summed E-state index contributed by atoms with van der Waals surface area (Å²) in [5.74, 6) is 0.945. The van der Waals surface area contributed by atoms with Gasteiger partial charge in [0.25, 0.3) is 0 Å². The fraction of sp³-hybridized carbons (Fsp3) is 0.500. The molecule has 1 heterocycles. The van der Waals surface area contributed by atoms with Crippen LogP contribution in [0.25, 0.3) is 10.2 Å². The van der Waals surface area contributed by atoms with Gasteiger partial charge in [0.15, 0.2) is 5.13 Å². The van der Waals surface area contributed by atoms with E-state index in [1.54, 1.807) is 11.3 Å². The van der Waals surface area contributed by atoms with Crippen molar-refractivity contribution >= 4 is 42.6 Å². The van der Waals surface area contributed by atoms with E-state index in [-0.39, 0.29) is 0 Å². The molecule has 3 rings (SSSR count). The van der Waals surface area contributed by atoms with E-state index in [2.05, 4.69) is 44.4 Å². The van der Waals surface area contributed by atoms with Gasteiger partial charge < -0.3 is 5.32 Å². The SMILES string of the molecule is Brc1ccc2sc(NCCC3CCCC3)nc2c1. The highest BCUT2D eigenvalue weighted by atomic mass is 79.9. The second kappa shape index (κ2) is 5.57. The molecule has 1 N–H and O–H groups in total. The van der Waals surface area contributed by atoms with E-state index in [0.717, 1.165) is 27.6 Å². The molecule has 0 aliphatic heterocycles. The maximum Gasteiger partial charge on any atom is 0.183 e. The molecule has 4 heteroatoms. The van der Waals surface area contributed by atoms with E-state index in [1.165, 1.54) is 36.8 Å². The van der Waals surface area contributed by atoms with Gasteiger partial charge in [0, 0.05) is 11.0 Å². The highest BCUT2D eigenvalue weighted by Crippen LogP contribution is 2.30. The molecule has 1 saturated carbocycles. The Kier molecular flexibility index (Phi) is 3.85. The molecular formula is C14H17BrN2S. The largest absolute Gasteiger partial charge is 0.361 e. The number of fused-ring (bicyclic) bond motifs is 1. The van der Waals surface area contributed by atoms with Gasteiger partial charge in [0.2, 0.25) is 0 Å². The first-order chi connectivity index (χ1) is 8.81. The molecule has 0 bridgehead atoms. The highest BCUT2D eigenvalue weighted by molar-refractivity contribution is 9.10. The van der Waals surface area contributed by atoms with Gasteiger partial charge in [-0.1, -0.05) is 53.0 Å². The fourth-order valence-electron chi connectivity index (χ4n) is 2.66. The van der Waals surface area contributed by atoms with Crippen molar-refractivity contribution in [2.45, 2.75) is 32.1 Å². The Bertz CT molecular complexity index is 532. The normalized spacial score (nSPS) is 16.5. The van der Waals surface area contributed by atoms with Crippen molar-refractivity contribution in [2.24, 2.45) is 5.92 Å². The molecular weight excluding hydrogens is 308 g/mol. The molecule has 2 nitrogen and oxygen atoms in total. The van der Waals surface area contributed by atoms with Crippen LogP contribution in [0.1, 0.15) is 32.1 Å². The van der Waals surface area contributed by atoms with Crippen molar-refractivity contribution in [2.75, 3.05) is 11.9 Å². The highest BCUT2D eigenvalue weighted by Gasteiger charge is 2.14.